The fraction of sp³-hybridized carbons (Fsp3) is 0.222. The number of rotatable bonds is 4. The first-order valence-electron chi connectivity index (χ1n) is 6.93. The van der Waals surface area contributed by atoms with Crippen LogP contribution in [0.3, 0.4) is 0 Å². The molecule has 0 bridgehead atoms. The van der Waals surface area contributed by atoms with Gasteiger partial charge in [-0.3, -0.25) is 0 Å². The Kier molecular flexibility index (Phi) is 3.67. The third kappa shape index (κ3) is 2.41. The van der Waals surface area contributed by atoms with Gasteiger partial charge in [0.1, 0.15) is 17.1 Å². The largest absolute Gasteiger partial charge is 0.497 e. The summed E-state index contributed by atoms with van der Waals surface area (Å²) in [6.45, 7) is 2.03. The van der Waals surface area contributed by atoms with E-state index in [0.29, 0.717) is 0 Å². The Hall–Kier alpha value is -2.26. The summed E-state index contributed by atoms with van der Waals surface area (Å²) in [7, 11) is 3.37. The molecule has 1 atom stereocenters. The van der Waals surface area contributed by atoms with Crippen molar-refractivity contribution in [3.8, 4) is 17.1 Å². The lowest BCUT2D eigenvalue weighted by atomic mass is 10.0. The highest BCUT2D eigenvalue weighted by Gasteiger charge is 2.20. The lowest BCUT2D eigenvalue weighted by Gasteiger charge is -2.11. The molecule has 3 rings (SSSR count). The van der Waals surface area contributed by atoms with E-state index in [9.17, 15) is 0 Å². The molecule has 108 valence electrons. The van der Waals surface area contributed by atoms with E-state index in [1.165, 1.54) is 0 Å². The number of furan rings is 1. The monoisotopic (exact) mass is 282 g/mol. The van der Waals surface area contributed by atoms with Crippen molar-refractivity contribution in [3.63, 3.8) is 0 Å². The van der Waals surface area contributed by atoms with Crippen LogP contribution in [0, 0.1) is 0 Å². The Labute approximate surface area is 124 Å². The summed E-state index contributed by atoms with van der Waals surface area (Å²) in [5.74, 6) is 1.68. The Bertz CT molecular complexity index is 741. The number of fused-ring (bicyclic) bond motifs is 1. The van der Waals surface area contributed by atoms with Crippen molar-refractivity contribution in [1.29, 1.82) is 0 Å². The summed E-state index contributed by atoms with van der Waals surface area (Å²) in [5.41, 5.74) is 2.98. The second kappa shape index (κ2) is 5.62. The SMILES string of the molecule is COc1ccc(-c2oc3ccccc3c2C(C)OC)cc1. The Morgan fingerprint density at radius 3 is 2.33 bits per heavy atom. The van der Waals surface area contributed by atoms with Gasteiger partial charge in [-0.05, 0) is 37.3 Å². The number of para-hydroxylation sites is 1. The molecule has 0 aliphatic carbocycles. The normalized spacial score (nSPS) is 12.5. The van der Waals surface area contributed by atoms with Crippen LogP contribution in [0.1, 0.15) is 18.6 Å². The van der Waals surface area contributed by atoms with Gasteiger partial charge in [0.05, 0.1) is 13.2 Å². The molecule has 1 aromatic heterocycles. The Morgan fingerprint density at radius 2 is 1.67 bits per heavy atom. The van der Waals surface area contributed by atoms with Crippen molar-refractivity contribution in [2.24, 2.45) is 0 Å². The molecular weight excluding hydrogens is 264 g/mol. The van der Waals surface area contributed by atoms with Crippen molar-refractivity contribution >= 4 is 11.0 Å². The summed E-state index contributed by atoms with van der Waals surface area (Å²) >= 11 is 0. The van der Waals surface area contributed by atoms with E-state index >= 15 is 0 Å². The van der Waals surface area contributed by atoms with E-state index in [1.807, 2.05) is 49.4 Å². The third-order valence-corrected chi connectivity index (χ3v) is 3.75. The van der Waals surface area contributed by atoms with Crippen molar-refractivity contribution in [1.82, 2.24) is 0 Å². The van der Waals surface area contributed by atoms with Crippen LogP contribution in [0.4, 0.5) is 0 Å². The van der Waals surface area contributed by atoms with Crippen molar-refractivity contribution in [2.45, 2.75) is 13.0 Å². The fourth-order valence-electron chi connectivity index (χ4n) is 2.54. The van der Waals surface area contributed by atoms with Crippen LogP contribution in [0.2, 0.25) is 0 Å². The summed E-state index contributed by atoms with van der Waals surface area (Å²) in [6.07, 6.45) is -0.0363. The minimum Gasteiger partial charge on any atom is -0.497 e. The van der Waals surface area contributed by atoms with Crippen LogP contribution < -0.4 is 4.74 Å². The molecule has 1 heterocycles. The predicted molar refractivity (Wildman–Crippen MR) is 83.6 cm³/mol. The second-order valence-electron chi connectivity index (χ2n) is 4.95. The van der Waals surface area contributed by atoms with Crippen LogP contribution in [0.15, 0.2) is 52.9 Å². The van der Waals surface area contributed by atoms with Crippen molar-refractivity contribution < 1.29 is 13.9 Å². The molecule has 0 saturated carbocycles. The Balaban J connectivity index is 2.20. The first-order chi connectivity index (χ1) is 10.2. The fourth-order valence-corrected chi connectivity index (χ4v) is 2.54. The summed E-state index contributed by atoms with van der Waals surface area (Å²) in [6, 6.07) is 15.9. The molecule has 3 aromatic rings. The van der Waals surface area contributed by atoms with Gasteiger partial charge in [0.2, 0.25) is 0 Å². The number of hydrogen-bond donors (Lipinski definition) is 0. The van der Waals surface area contributed by atoms with Crippen LogP contribution in [-0.2, 0) is 4.74 Å². The smallest absolute Gasteiger partial charge is 0.141 e. The van der Waals surface area contributed by atoms with Crippen LogP contribution in [0.25, 0.3) is 22.3 Å². The molecule has 0 radical (unpaired) electrons. The molecular formula is C18H18O3. The lowest BCUT2D eigenvalue weighted by molar-refractivity contribution is 0.120. The highest BCUT2D eigenvalue weighted by molar-refractivity contribution is 5.88. The van der Waals surface area contributed by atoms with E-state index in [-0.39, 0.29) is 6.10 Å². The van der Waals surface area contributed by atoms with Gasteiger partial charge in [-0.15, -0.1) is 0 Å². The minimum atomic E-state index is -0.0363. The topological polar surface area (TPSA) is 31.6 Å². The first-order valence-corrected chi connectivity index (χ1v) is 6.93. The van der Waals surface area contributed by atoms with Crippen molar-refractivity contribution in [3.05, 3.63) is 54.1 Å². The average molecular weight is 282 g/mol. The minimum absolute atomic E-state index is 0.0363. The Morgan fingerprint density at radius 1 is 0.952 bits per heavy atom. The summed E-state index contributed by atoms with van der Waals surface area (Å²) in [5, 5.41) is 1.10. The molecule has 2 aromatic carbocycles. The molecule has 3 nitrogen and oxygen atoms in total. The van der Waals surface area contributed by atoms with Crippen LogP contribution >= 0.6 is 0 Å². The number of ether oxygens (including phenoxy) is 2. The predicted octanol–water partition coefficient (Wildman–Crippen LogP) is 4.82. The molecule has 0 amide bonds. The molecule has 0 spiro atoms. The molecule has 0 aliphatic rings. The van der Waals surface area contributed by atoms with E-state index in [0.717, 1.165) is 33.6 Å². The van der Waals surface area contributed by atoms with Gasteiger partial charge in [-0.25, -0.2) is 0 Å². The molecule has 1 unspecified atom stereocenters. The zero-order valence-electron chi connectivity index (χ0n) is 12.4. The van der Waals surface area contributed by atoms with Gasteiger partial charge in [0.25, 0.3) is 0 Å². The van der Waals surface area contributed by atoms with Gasteiger partial charge >= 0.3 is 0 Å². The second-order valence-corrected chi connectivity index (χ2v) is 4.95. The maximum Gasteiger partial charge on any atom is 0.141 e. The zero-order valence-corrected chi connectivity index (χ0v) is 12.4. The summed E-state index contributed by atoms with van der Waals surface area (Å²) in [4.78, 5) is 0. The lowest BCUT2D eigenvalue weighted by Crippen LogP contribution is -1.96. The first kappa shape index (κ1) is 13.7. The molecule has 0 N–H and O–H groups in total. The van der Waals surface area contributed by atoms with Crippen LogP contribution in [0.5, 0.6) is 5.75 Å². The highest BCUT2D eigenvalue weighted by Crippen LogP contribution is 2.38. The quantitative estimate of drug-likeness (QED) is 0.687. The molecule has 21 heavy (non-hydrogen) atoms. The van der Waals surface area contributed by atoms with E-state index < -0.39 is 0 Å². The summed E-state index contributed by atoms with van der Waals surface area (Å²) < 4.78 is 16.8. The molecule has 0 fully saturated rings. The maximum atomic E-state index is 6.06. The zero-order chi connectivity index (χ0) is 14.8. The maximum absolute atomic E-state index is 6.06. The molecule has 3 heteroatoms. The number of methoxy groups -OCH3 is 2. The average Bonchev–Trinajstić information content (AvgIpc) is 2.93. The number of benzene rings is 2. The van der Waals surface area contributed by atoms with Crippen molar-refractivity contribution in [2.75, 3.05) is 14.2 Å². The standard InChI is InChI=1S/C18H18O3/c1-12(19-2)17-15-6-4-5-7-16(15)21-18(17)13-8-10-14(20-3)11-9-13/h4-12H,1-3H3. The van der Waals surface area contributed by atoms with E-state index in [2.05, 4.69) is 6.07 Å². The third-order valence-electron chi connectivity index (χ3n) is 3.75. The van der Waals surface area contributed by atoms with Gasteiger partial charge in [0, 0.05) is 23.6 Å². The van der Waals surface area contributed by atoms with Crippen LogP contribution in [-0.4, -0.2) is 14.2 Å². The molecule has 0 saturated heterocycles. The van der Waals surface area contributed by atoms with E-state index in [1.54, 1.807) is 14.2 Å². The van der Waals surface area contributed by atoms with E-state index in [4.69, 9.17) is 13.9 Å². The van der Waals surface area contributed by atoms with Gasteiger partial charge < -0.3 is 13.9 Å². The number of hydrogen-bond acceptors (Lipinski definition) is 3. The molecule has 0 aliphatic heterocycles. The highest BCUT2D eigenvalue weighted by atomic mass is 16.5. The van der Waals surface area contributed by atoms with Gasteiger partial charge in [0.15, 0.2) is 0 Å². The van der Waals surface area contributed by atoms with Gasteiger partial charge in [-0.2, -0.15) is 0 Å². The van der Waals surface area contributed by atoms with Gasteiger partial charge in [-0.1, -0.05) is 18.2 Å².